The second-order valence-corrected chi connectivity index (χ2v) is 10.6. The molecule has 0 amide bonds. The first-order chi connectivity index (χ1) is 16.3. The van der Waals surface area contributed by atoms with Gasteiger partial charge in [-0.3, -0.25) is 0 Å². The highest BCUT2D eigenvalue weighted by Gasteiger charge is 2.22. The van der Waals surface area contributed by atoms with Gasteiger partial charge >= 0.3 is 0 Å². The van der Waals surface area contributed by atoms with Crippen LogP contribution in [0.2, 0.25) is 0 Å². The van der Waals surface area contributed by atoms with Crippen LogP contribution in [-0.2, 0) is 10.0 Å². The Morgan fingerprint density at radius 3 is 2.18 bits per heavy atom. The van der Waals surface area contributed by atoms with Crippen molar-refractivity contribution in [2.45, 2.75) is 11.8 Å². The van der Waals surface area contributed by atoms with E-state index in [0.29, 0.717) is 15.6 Å². The summed E-state index contributed by atoms with van der Waals surface area (Å²) in [5.74, 6) is 0. The lowest BCUT2D eigenvalue weighted by molar-refractivity contribution is 0.589. The normalized spacial score (nSPS) is 11.0. The van der Waals surface area contributed by atoms with Gasteiger partial charge in [-0.15, -0.1) is 0 Å². The number of nitrogens with one attached hydrogen (secondary N) is 1. The number of nitrogens with zero attached hydrogens (tertiary/aromatic N) is 5. The van der Waals surface area contributed by atoms with Gasteiger partial charge in [0, 0.05) is 44.5 Å². The zero-order chi connectivity index (χ0) is 24.5. The van der Waals surface area contributed by atoms with Crippen molar-refractivity contribution in [3.05, 3.63) is 87.1 Å². The smallest absolute Gasteiger partial charge is 0.268 e. The molecule has 5 rings (SSSR count). The molecule has 4 aromatic heterocycles. The first-order valence-electron chi connectivity index (χ1n) is 9.67. The zero-order valence-electron chi connectivity index (χ0n) is 17.5. The number of H-pyrrole nitrogens is 1. The molecule has 1 aromatic carbocycles. The number of pyridine rings is 2. The summed E-state index contributed by atoms with van der Waals surface area (Å²) in [4.78, 5) is 11.1. The van der Waals surface area contributed by atoms with Gasteiger partial charge in [-0.2, -0.15) is 10.5 Å². The molecule has 168 valence electrons. The highest BCUT2D eigenvalue weighted by atomic mass is 79.9. The predicted molar refractivity (Wildman–Crippen MR) is 134 cm³/mol. The average molecular weight is 598 g/mol. The van der Waals surface area contributed by atoms with Crippen LogP contribution < -0.4 is 0 Å². The van der Waals surface area contributed by atoms with E-state index in [0.717, 1.165) is 24.9 Å². The van der Waals surface area contributed by atoms with Gasteiger partial charge in [0.25, 0.3) is 10.0 Å². The Hall–Kier alpha value is -3.51. The fourth-order valence-electron chi connectivity index (χ4n) is 3.30. The summed E-state index contributed by atoms with van der Waals surface area (Å²) in [6, 6.07) is 14.1. The van der Waals surface area contributed by atoms with Crippen molar-refractivity contribution in [1.29, 1.82) is 10.5 Å². The van der Waals surface area contributed by atoms with E-state index in [2.05, 4.69) is 46.8 Å². The Morgan fingerprint density at radius 1 is 0.912 bits per heavy atom. The highest BCUT2D eigenvalue weighted by molar-refractivity contribution is 9.11. The summed E-state index contributed by atoms with van der Waals surface area (Å²) < 4.78 is 28.3. The molecule has 0 bridgehead atoms. The van der Waals surface area contributed by atoms with Gasteiger partial charge < -0.3 is 4.98 Å². The Bertz CT molecular complexity index is 1730. The molecule has 0 aliphatic rings. The van der Waals surface area contributed by atoms with Crippen LogP contribution in [0, 0.1) is 29.6 Å². The van der Waals surface area contributed by atoms with Gasteiger partial charge in [0.1, 0.15) is 17.7 Å². The molecule has 0 unspecified atom stereocenters. The second-order valence-electron chi connectivity index (χ2n) is 7.09. The molecular weight excluding hydrogens is 584 g/mol. The molecule has 0 aliphatic heterocycles. The Kier molecular flexibility index (Phi) is 6.53. The molecule has 0 saturated heterocycles. The van der Waals surface area contributed by atoms with Crippen LogP contribution in [0.5, 0.6) is 0 Å². The summed E-state index contributed by atoms with van der Waals surface area (Å²) in [5.41, 5.74) is 2.53. The van der Waals surface area contributed by atoms with E-state index in [4.69, 9.17) is 5.26 Å². The first-order valence-corrected chi connectivity index (χ1v) is 12.7. The third-order valence-electron chi connectivity index (χ3n) is 4.98. The Morgan fingerprint density at radius 2 is 1.53 bits per heavy atom. The van der Waals surface area contributed by atoms with Gasteiger partial charge in [-0.25, -0.2) is 22.4 Å². The molecule has 4 heterocycles. The SMILES string of the molecule is Cc1ccc(S(=O)(=O)n2ccc3c(Br)cnc(C#N)c32)cc1.N#Cc1ncc(Br)c2cc[nH]c12. The van der Waals surface area contributed by atoms with E-state index in [1.807, 2.05) is 25.1 Å². The number of benzene rings is 1. The van der Waals surface area contributed by atoms with Crippen molar-refractivity contribution < 1.29 is 8.42 Å². The molecule has 5 aromatic rings. The van der Waals surface area contributed by atoms with Crippen LogP contribution in [-0.4, -0.2) is 27.3 Å². The molecule has 0 spiro atoms. The maximum absolute atomic E-state index is 12.8. The maximum atomic E-state index is 12.8. The number of nitriles is 2. The molecule has 11 heteroatoms. The monoisotopic (exact) mass is 596 g/mol. The first kappa shape index (κ1) is 23.6. The Labute approximate surface area is 211 Å². The predicted octanol–water partition coefficient (Wildman–Crippen LogP) is 5.41. The number of fused-ring (bicyclic) bond motifs is 2. The third kappa shape index (κ3) is 4.21. The number of halogens is 2. The number of aromatic nitrogens is 4. The summed E-state index contributed by atoms with van der Waals surface area (Å²) in [7, 11) is -3.78. The summed E-state index contributed by atoms with van der Waals surface area (Å²) in [6.07, 6.45) is 6.35. The van der Waals surface area contributed by atoms with Crippen LogP contribution in [0.15, 0.2) is 75.0 Å². The standard InChI is InChI=1S/C15H10BrN3O2S.C8H4BrN3/c1-10-2-4-11(5-3-10)22(20,21)19-7-6-12-13(16)9-18-14(8-17)15(12)19;9-6-4-12-7(3-10)8-5(6)1-2-11-8/h2-7,9H,1H3;1-2,4,11H. The van der Waals surface area contributed by atoms with Crippen LogP contribution in [0.25, 0.3) is 21.8 Å². The van der Waals surface area contributed by atoms with Crippen molar-refractivity contribution >= 4 is 63.7 Å². The van der Waals surface area contributed by atoms with Crippen molar-refractivity contribution in [1.82, 2.24) is 18.9 Å². The van der Waals surface area contributed by atoms with E-state index in [9.17, 15) is 13.7 Å². The fourth-order valence-corrected chi connectivity index (χ4v) is 5.51. The van der Waals surface area contributed by atoms with Gasteiger partial charge in [0.05, 0.1) is 10.4 Å². The number of rotatable bonds is 2. The van der Waals surface area contributed by atoms with Crippen molar-refractivity contribution in [3.63, 3.8) is 0 Å². The summed E-state index contributed by atoms with van der Waals surface area (Å²) in [6.45, 7) is 1.89. The minimum Gasteiger partial charge on any atom is -0.359 e. The Balaban J connectivity index is 0.000000192. The average Bonchev–Trinajstić information content (AvgIpc) is 3.50. The van der Waals surface area contributed by atoms with Crippen molar-refractivity contribution in [3.8, 4) is 12.1 Å². The minimum atomic E-state index is -3.78. The number of hydrogen-bond acceptors (Lipinski definition) is 6. The fraction of sp³-hybridized carbons (Fsp3) is 0.0435. The van der Waals surface area contributed by atoms with E-state index in [-0.39, 0.29) is 16.1 Å². The topological polar surface area (TPSA) is 128 Å². The number of aryl methyl sites for hydroxylation is 1. The summed E-state index contributed by atoms with van der Waals surface area (Å²) in [5, 5.41) is 19.5. The van der Waals surface area contributed by atoms with E-state index in [1.54, 1.807) is 42.7 Å². The lowest BCUT2D eigenvalue weighted by atomic mass is 10.2. The van der Waals surface area contributed by atoms with E-state index in [1.165, 1.54) is 12.4 Å². The highest BCUT2D eigenvalue weighted by Crippen LogP contribution is 2.29. The van der Waals surface area contributed by atoms with Crippen LogP contribution in [0.1, 0.15) is 17.0 Å². The van der Waals surface area contributed by atoms with E-state index >= 15 is 0 Å². The lowest BCUT2D eigenvalue weighted by Gasteiger charge is -2.08. The van der Waals surface area contributed by atoms with Gasteiger partial charge in [0.15, 0.2) is 11.4 Å². The number of hydrogen-bond donors (Lipinski definition) is 1. The largest absolute Gasteiger partial charge is 0.359 e. The van der Waals surface area contributed by atoms with Crippen LogP contribution in [0.4, 0.5) is 0 Å². The maximum Gasteiger partial charge on any atom is 0.268 e. The molecule has 0 aliphatic carbocycles. The van der Waals surface area contributed by atoms with Crippen LogP contribution >= 0.6 is 31.9 Å². The lowest BCUT2D eigenvalue weighted by Crippen LogP contribution is -2.12. The molecule has 0 fully saturated rings. The van der Waals surface area contributed by atoms with Crippen molar-refractivity contribution in [2.24, 2.45) is 0 Å². The van der Waals surface area contributed by atoms with Crippen LogP contribution in [0.3, 0.4) is 0 Å². The minimum absolute atomic E-state index is 0.0684. The molecular formula is C23H14Br2N6O2S. The molecule has 0 saturated carbocycles. The third-order valence-corrected chi connectivity index (χ3v) is 7.93. The quantitative estimate of drug-likeness (QED) is 0.289. The van der Waals surface area contributed by atoms with E-state index < -0.39 is 10.0 Å². The van der Waals surface area contributed by atoms with Gasteiger partial charge in [-0.05, 0) is 63.0 Å². The molecule has 1 N–H and O–H groups in total. The second kappa shape index (κ2) is 9.39. The molecule has 0 radical (unpaired) electrons. The zero-order valence-corrected chi connectivity index (χ0v) is 21.5. The molecule has 34 heavy (non-hydrogen) atoms. The molecule has 8 nitrogen and oxygen atoms in total. The summed E-state index contributed by atoms with van der Waals surface area (Å²) >= 11 is 6.67. The number of aromatic amines is 1. The van der Waals surface area contributed by atoms with Crippen molar-refractivity contribution in [2.75, 3.05) is 0 Å². The van der Waals surface area contributed by atoms with Gasteiger partial charge in [0.2, 0.25) is 0 Å². The van der Waals surface area contributed by atoms with Gasteiger partial charge in [-0.1, -0.05) is 17.7 Å². The molecule has 0 atom stereocenters.